The minimum atomic E-state index is -0.0304. The molecule has 1 unspecified atom stereocenters. The molecule has 1 aliphatic carbocycles. The zero-order valence-electron chi connectivity index (χ0n) is 10.8. The van der Waals surface area contributed by atoms with Crippen LogP contribution in [0.1, 0.15) is 25.3 Å². The molecule has 0 bridgehead atoms. The molecular weight excluding hydrogens is 226 g/mol. The fourth-order valence-corrected chi connectivity index (χ4v) is 1.90. The molecule has 1 atom stereocenters. The zero-order valence-corrected chi connectivity index (χ0v) is 10.8. The van der Waals surface area contributed by atoms with E-state index in [2.05, 4.69) is 12.2 Å². The summed E-state index contributed by atoms with van der Waals surface area (Å²) in [6, 6.07) is 7.91. The molecule has 1 amide bonds. The number of rotatable bonds is 5. The zero-order chi connectivity index (χ0) is 13.0. The molecule has 3 heteroatoms. The first-order valence-corrected chi connectivity index (χ1v) is 6.31. The Kier molecular flexibility index (Phi) is 4.03. The highest BCUT2D eigenvalue weighted by Crippen LogP contribution is 2.32. The van der Waals surface area contributed by atoms with E-state index in [-0.39, 0.29) is 11.9 Å². The Bertz CT molecular complexity index is 450. The minimum Gasteiger partial charge on any atom is -0.497 e. The van der Waals surface area contributed by atoms with Crippen LogP contribution in [-0.2, 0) is 4.79 Å². The van der Waals surface area contributed by atoms with E-state index in [0.29, 0.717) is 5.92 Å². The van der Waals surface area contributed by atoms with Crippen molar-refractivity contribution in [2.75, 3.05) is 7.11 Å². The first-order valence-electron chi connectivity index (χ1n) is 6.31. The number of ether oxygens (including phenoxy) is 1. The average Bonchev–Trinajstić information content (AvgIpc) is 3.21. The number of carbonyl (C=O) groups excluding carboxylic acids is 1. The van der Waals surface area contributed by atoms with Crippen molar-refractivity contribution in [3.8, 4) is 5.75 Å². The van der Waals surface area contributed by atoms with E-state index in [9.17, 15) is 4.79 Å². The van der Waals surface area contributed by atoms with Crippen molar-refractivity contribution in [3.63, 3.8) is 0 Å². The van der Waals surface area contributed by atoms with Crippen LogP contribution in [0.4, 0.5) is 0 Å². The molecular formula is C15H19NO2. The third-order valence-electron chi connectivity index (χ3n) is 3.22. The van der Waals surface area contributed by atoms with E-state index in [1.807, 2.05) is 24.3 Å². The molecule has 1 saturated carbocycles. The van der Waals surface area contributed by atoms with Gasteiger partial charge in [-0.1, -0.05) is 12.1 Å². The standard InChI is InChI=1S/C15H19NO2/c1-11(13-7-8-13)16-15(17)9-6-12-4-3-5-14(10-12)18-2/h3-6,9-11,13H,7-8H2,1-2H3,(H,16,17)/b9-6+. The number of carbonyl (C=O) groups is 1. The van der Waals surface area contributed by atoms with Crippen LogP contribution in [0.15, 0.2) is 30.3 Å². The molecule has 1 N–H and O–H groups in total. The summed E-state index contributed by atoms with van der Waals surface area (Å²) in [4.78, 5) is 11.7. The lowest BCUT2D eigenvalue weighted by atomic mass is 10.2. The second-order valence-electron chi connectivity index (χ2n) is 4.74. The van der Waals surface area contributed by atoms with E-state index >= 15 is 0 Å². The third kappa shape index (κ3) is 3.62. The first-order chi connectivity index (χ1) is 8.69. The molecule has 0 aromatic heterocycles. The first kappa shape index (κ1) is 12.7. The van der Waals surface area contributed by atoms with Gasteiger partial charge in [0.2, 0.25) is 5.91 Å². The molecule has 0 heterocycles. The van der Waals surface area contributed by atoms with Crippen LogP contribution in [0.25, 0.3) is 6.08 Å². The van der Waals surface area contributed by atoms with E-state index < -0.39 is 0 Å². The SMILES string of the molecule is COc1cccc(/C=C/C(=O)NC(C)C2CC2)c1. The minimum absolute atomic E-state index is 0.0304. The number of benzene rings is 1. The molecule has 0 aliphatic heterocycles. The van der Waals surface area contributed by atoms with Gasteiger partial charge < -0.3 is 10.1 Å². The summed E-state index contributed by atoms with van der Waals surface area (Å²) in [5.41, 5.74) is 0.962. The molecule has 18 heavy (non-hydrogen) atoms. The van der Waals surface area contributed by atoms with Crippen molar-refractivity contribution in [2.24, 2.45) is 5.92 Å². The molecule has 1 aromatic carbocycles. The van der Waals surface area contributed by atoms with E-state index in [1.54, 1.807) is 19.3 Å². The van der Waals surface area contributed by atoms with Crippen molar-refractivity contribution in [1.82, 2.24) is 5.32 Å². The van der Waals surface area contributed by atoms with Crippen molar-refractivity contribution < 1.29 is 9.53 Å². The predicted molar refractivity (Wildman–Crippen MR) is 72.4 cm³/mol. The summed E-state index contributed by atoms with van der Waals surface area (Å²) in [6.07, 6.45) is 5.85. The van der Waals surface area contributed by atoms with Gasteiger partial charge in [-0.15, -0.1) is 0 Å². The van der Waals surface area contributed by atoms with Crippen LogP contribution in [0.3, 0.4) is 0 Å². The lowest BCUT2D eigenvalue weighted by molar-refractivity contribution is -0.117. The van der Waals surface area contributed by atoms with Crippen molar-refractivity contribution >= 4 is 12.0 Å². The monoisotopic (exact) mass is 245 g/mol. The molecule has 0 radical (unpaired) electrons. The second-order valence-corrected chi connectivity index (χ2v) is 4.74. The van der Waals surface area contributed by atoms with Gasteiger partial charge in [-0.25, -0.2) is 0 Å². The summed E-state index contributed by atoms with van der Waals surface area (Å²) < 4.78 is 5.13. The van der Waals surface area contributed by atoms with Crippen molar-refractivity contribution in [2.45, 2.75) is 25.8 Å². The topological polar surface area (TPSA) is 38.3 Å². The van der Waals surface area contributed by atoms with E-state index in [0.717, 1.165) is 11.3 Å². The highest BCUT2D eigenvalue weighted by Gasteiger charge is 2.28. The normalized spacial score (nSPS) is 16.6. The van der Waals surface area contributed by atoms with Crippen LogP contribution < -0.4 is 10.1 Å². The van der Waals surface area contributed by atoms with Gasteiger partial charge >= 0.3 is 0 Å². The Hall–Kier alpha value is -1.77. The Balaban J connectivity index is 1.90. The van der Waals surface area contributed by atoms with Gasteiger partial charge in [-0.3, -0.25) is 4.79 Å². The maximum absolute atomic E-state index is 11.7. The van der Waals surface area contributed by atoms with Gasteiger partial charge in [0.1, 0.15) is 5.75 Å². The quantitative estimate of drug-likeness (QED) is 0.810. The maximum atomic E-state index is 11.7. The van der Waals surface area contributed by atoms with Crippen LogP contribution in [0.5, 0.6) is 5.75 Å². The predicted octanol–water partition coefficient (Wildman–Crippen LogP) is 2.62. The second kappa shape index (κ2) is 5.71. The molecule has 3 nitrogen and oxygen atoms in total. The smallest absolute Gasteiger partial charge is 0.244 e. The molecule has 0 spiro atoms. The Morgan fingerprint density at radius 2 is 2.28 bits per heavy atom. The molecule has 0 saturated heterocycles. The summed E-state index contributed by atoms with van der Waals surface area (Å²) in [6.45, 7) is 2.06. The molecule has 96 valence electrons. The molecule has 1 fully saturated rings. The largest absolute Gasteiger partial charge is 0.497 e. The fourth-order valence-electron chi connectivity index (χ4n) is 1.90. The van der Waals surface area contributed by atoms with Crippen LogP contribution in [-0.4, -0.2) is 19.1 Å². The van der Waals surface area contributed by atoms with E-state index in [1.165, 1.54) is 12.8 Å². The lowest BCUT2D eigenvalue weighted by Crippen LogP contribution is -2.32. The maximum Gasteiger partial charge on any atom is 0.244 e. The Labute approximate surface area is 108 Å². The number of methoxy groups -OCH3 is 1. The summed E-state index contributed by atoms with van der Waals surface area (Å²) in [7, 11) is 1.63. The summed E-state index contributed by atoms with van der Waals surface area (Å²) in [5.74, 6) is 1.44. The molecule has 1 aliphatic rings. The fraction of sp³-hybridized carbons (Fsp3) is 0.400. The summed E-state index contributed by atoms with van der Waals surface area (Å²) in [5, 5.41) is 2.98. The summed E-state index contributed by atoms with van der Waals surface area (Å²) >= 11 is 0. The number of amides is 1. The van der Waals surface area contributed by atoms with E-state index in [4.69, 9.17) is 4.74 Å². The van der Waals surface area contributed by atoms with Gasteiger partial charge in [0.05, 0.1) is 7.11 Å². The highest BCUT2D eigenvalue weighted by atomic mass is 16.5. The highest BCUT2D eigenvalue weighted by molar-refractivity contribution is 5.91. The Morgan fingerprint density at radius 1 is 1.50 bits per heavy atom. The van der Waals surface area contributed by atoms with Crippen molar-refractivity contribution in [3.05, 3.63) is 35.9 Å². The van der Waals surface area contributed by atoms with Crippen molar-refractivity contribution in [1.29, 1.82) is 0 Å². The van der Waals surface area contributed by atoms with Gasteiger partial charge in [-0.05, 0) is 49.5 Å². The average molecular weight is 245 g/mol. The number of hydrogen-bond acceptors (Lipinski definition) is 2. The third-order valence-corrected chi connectivity index (χ3v) is 3.22. The van der Waals surface area contributed by atoms with Gasteiger partial charge in [0.25, 0.3) is 0 Å². The Morgan fingerprint density at radius 3 is 2.94 bits per heavy atom. The van der Waals surface area contributed by atoms with Gasteiger partial charge in [0.15, 0.2) is 0 Å². The van der Waals surface area contributed by atoms with Crippen LogP contribution in [0.2, 0.25) is 0 Å². The van der Waals surface area contributed by atoms with Crippen LogP contribution >= 0.6 is 0 Å². The van der Waals surface area contributed by atoms with Gasteiger partial charge in [-0.2, -0.15) is 0 Å². The lowest BCUT2D eigenvalue weighted by Gasteiger charge is -2.10. The number of hydrogen-bond donors (Lipinski definition) is 1. The van der Waals surface area contributed by atoms with Gasteiger partial charge in [0, 0.05) is 12.1 Å². The molecule has 1 aromatic rings. The van der Waals surface area contributed by atoms with Crippen LogP contribution in [0, 0.1) is 5.92 Å². The number of nitrogens with one attached hydrogen (secondary N) is 1. The molecule has 2 rings (SSSR count).